The average molecular weight is 299 g/mol. The number of carbonyl (C=O) groups is 1. The second-order valence-corrected chi connectivity index (χ2v) is 5.50. The van der Waals surface area contributed by atoms with E-state index in [4.69, 9.17) is 0 Å². The van der Waals surface area contributed by atoms with Gasteiger partial charge in [-0.05, 0) is 37.4 Å². The van der Waals surface area contributed by atoms with Crippen LogP contribution in [0.1, 0.15) is 24.8 Å². The predicted octanol–water partition coefficient (Wildman–Crippen LogP) is 2.75. The standard InChI is InChI=1S/C15H19FN2O.ClH/c16-8-4-10-18-9-3-7-15(11-18)12-5-1-2-6-13(12)17-14(15)19;/h1-2,5-6H,3-4,7-11H2,(H,17,19);1H/t15-;/m1./s1. The third kappa shape index (κ3) is 2.42. The molecule has 1 amide bonds. The minimum Gasteiger partial charge on any atom is -0.325 e. The molecule has 2 aliphatic rings. The van der Waals surface area contributed by atoms with E-state index in [1.165, 1.54) is 0 Å². The zero-order valence-corrected chi connectivity index (χ0v) is 12.2. The molecule has 5 heteroatoms. The monoisotopic (exact) mass is 298 g/mol. The highest BCUT2D eigenvalue weighted by molar-refractivity contribution is 6.06. The summed E-state index contributed by atoms with van der Waals surface area (Å²) >= 11 is 0. The molecule has 3 nitrogen and oxygen atoms in total. The van der Waals surface area contributed by atoms with Crippen LogP contribution in [0.25, 0.3) is 0 Å². The molecule has 1 N–H and O–H groups in total. The highest BCUT2D eigenvalue weighted by Gasteiger charge is 2.48. The van der Waals surface area contributed by atoms with Gasteiger partial charge in [0.05, 0.1) is 12.1 Å². The summed E-state index contributed by atoms with van der Waals surface area (Å²) in [6.07, 6.45) is 2.44. The van der Waals surface area contributed by atoms with Crippen molar-refractivity contribution in [1.82, 2.24) is 4.90 Å². The van der Waals surface area contributed by atoms with E-state index in [0.29, 0.717) is 6.42 Å². The molecule has 0 aromatic heterocycles. The number of likely N-dealkylation sites (tertiary alicyclic amines) is 1. The van der Waals surface area contributed by atoms with Crippen LogP contribution in [0.2, 0.25) is 0 Å². The van der Waals surface area contributed by atoms with Crippen LogP contribution in [0.3, 0.4) is 0 Å². The van der Waals surface area contributed by atoms with E-state index in [2.05, 4.69) is 10.2 Å². The molecule has 1 atom stereocenters. The summed E-state index contributed by atoms with van der Waals surface area (Å²) in [5, 5.41) is 2.99. The smallest absolute Gasteiger partial charge is 0.236 e. The Morgan fingerprint density at radius 3 is 2.95 bits per heavy atom. The number of alkyl halides is 1. The fourth-order valence-corrected chi connectivity index (χ4v) is 3.40. The van der Waals surface area contributed by atoms with Crippen LogP contribution in [0.15, 0.2) is 24.3 Å². The van der Waals surface area contributed by atoms with Gasteiger partial charge in [0, 0.05) is 18.8 Å². The maximum absolute atomic E-state index is 12.4. The van der Waals surface area contributed by atoms with Crippen molar-refractivity contribution < 1.29 is 9.18 Å². The molecular formula is C15H20ClFN2O. The van der Waals surface area contributed by atoms with E-state index in [-0.39, 0.29) is 25.0 Å². The molecule has 0 radical (unpaired) electrons. The summed E-state index contributed by atoms with van der Waals surface area (Å²) in [6.45, 7) is 2.15. The number of rotatable bonds is 3. The Bertz CT molecular complexity index is 497. The van der Waals surface area contributed by atoms with Crippen LogP contribution < -0.4 is 5.32 Å². The topological polar surface area (TPSA) is 32.3 Å². The molecule has 0 unspecified atom stereocenters. The number of hydrogen-bond acceptors (Lipinski definition) is 2. The maximum atomic E-state index is 12.4. The number of hydrogen-bond donors (Lipinski definition) is 1. The minimum absolute atomic E-state index is 0. The van der Waals surface area contributed by atoms with Crippen LogP contribution in [-0.4, -0.2) is 37.1 Å². The van der Waals surface area contributed by atoms with Crippen molar-refractivity contribution in [3.05, 3.63) is 29.8 Å². The largest absolute Gasteiger partial charge is 0.325 e. The van der Waals surface area contributed by atoms with Crippen molar-refractivity contribution in [2.75, 3.05) is 31.6 Å². The number of halogens is 2. The number of benzene rings is 1. The van der Waals surface area contributed by atoms with Crippen molar-refractivity contribution in [2.24, 2.45) is 0 Å². The van der Waals surface area contributed by atoms with E-state index in [0.717, 1.165) is 43.7 Å². The van der Waals surface area contributed by atoms with Gasteiger partial charge in [0.15, 0.2) is 0 Å². The van der Waals surface area contributed by atoms with Gasteiger partial charge in [-0.3, -0.25) is 9.18 Å². The summed E-state index contributed by atoms with van der Waals surface area (Å²) in [5.41, 5.74) is 1.65. The Morgan fingerprint density at radius 2 is 2.15 bits per heavy atom. The van der Waals surface area contributed by atoms with Gasteiger partial charge < -0.3 is 10.2 Å². The Balaban J connectivity index is 0.00000147. The number of para-hydroxylation sites is 1. The molecule has 0 aliphatic carbocycles. The van der Waals surface area contributed by atoms with Gasteiger partial charge in [-0.25, -0.2) is 0 Å². The summed E-state index contributed by atoms with van der Waals surface area (Å²) in [4.78, 5) is 14.6. The Labute approximate surface area is 124 Å². The van der Waals surface area contributed by atoms with E-state index >= 15 is 0 Å². The molecule has 110 valence electrons. The van der Waals surface area contributed by atoms with Gasteiger partial charge in [0.25, 0.3) is 0 Å². The number of carbonyl (C=O) groups excluding carboxylic acids is 1. The van der Waals surface area contributed by atoms with E-state index in [1.807, 2.05) is 24.3 Å². The van der Waals surface area contributed by atoms with Crippen molar-refractivity contribution in [3.8, 4) is 0 Å². The Kier molecular flexibility index (Phi) is 4.66. The fourth-order valence-electron chi connectivity index (χ4n) is 3.40. The van der Waals surface area contributed by atoms with E-state index in [9.17, 15) is 9.18 Å². The molecule has 0 saturated carbocycles. The van der Waals surface area contributed by atoms with Crippen LogP contribution in [0.5, 0.6) is 0 Å². The third-order valence-corrected chi connectivity index (χ3v) is 4.30. The van der Waals surface area contributed by atoms with E-state index < -0.39 is 5.41 Å². The van der Waals surface area contributed by atoms with Crippen molar-refractivity contribution in [1.29, 1.82) is 0 Å². The molecule has 1 spiro atoms. The zero-order chi connectivity index (χ0) is 13.3. The number of anilines is 1. The molecule has 1 aromatic rings. The van der Waals surface area contributed by atoms with Gasteiger partial charge >= 0.3 is 0 Å². The SMILES string of the molecule is Cl.O=C1Nc2ccccc2[C@]12CCCN(CCCF)C2. The first kappa shape index (κ1) is 15.3. The molecule has 20 heavy (non-hydrogen) atoms. The second kappa shape index (κ2) is 6.10. The molecule has 2 aliphatic heterocycles. The average Bonchev–Trinajstić information content (AvgIpc) is 2.70. The normalized spacial score (nSPS) is 25.1. The lowest BCUT2D eigenvalue weighted by Crippen LogP contribution is -2.50. The maximum Gasteiger partial charge on any atom is 0.236 e. The summed E-state index contributed by atoms with van der Waals surface area (Å²) in [7, 11) is 0. The first-order valence-electron chi connectivity index (χ1n) is 6.95. The van der Waals surface area contributed by atoms with Gasteiger partial charge in [-0.2, -0.15) is 0 Å². The molecule has 0 bridgehead atoms. The van der Waals surface area contributed by atoms with Crippen molar-refractivity contribution in [3.63, 3.8) is 0 Å². The van der Waals surface area contributed by atoms with Crippen LogP contribution in [-0.2, 0) is 10.2 Å². The van der Waals surface area contributed by atoms with Crippen LogP contribution in [0.4, 0.5) is 10.1 Å². The summed E-state index contributed by atoms with van der Waals surface area (Å²) < 4.78 is 12.3. The van der Waals surface area contributed by atoms with E-state index in [1.54, 1.807) is 0 Å². The summed E-state index contributed by atoms with van der Waals surface area (Å²) in [6, 6.07) is 7.94. The minimum atomic E-state index is -0.412. The lowest BCUT2D eigenvalue weighted by Gasteiger charge is -2.39. The summed E-state index contributed by atoms with van der Waals surface area (Å²) in [5.74, 6) is 0.110. The van der Waals surface area contributed by atoms with Crippen LogP contribution >= 0.6 is 12.4 Å². The first-order valence-corrected chi connectivity index (χ1v) is 6.95. The highest BCUT2D eigenvalue weighted by atomic mass is 35.5. The van der Waals surface area contributed by atoms with Gasteiger partial charge in [-0.15, -0.1) is 12.4 Å². The molecule has 2 heterocycles. The quantitative estimate of drug-likeness (QED) is 0.930. The molecular weight excluding hydrogens is 279 g/mol. The Morgan fingerprint density at radius 1 is 1.35 bits per heavy atom. The lowest BCUT2D eigenvalue weighted by atomic mass is 9.75. The number of nitrogens with one attached hydrogen (secondary N) is 1. The van der Waals surface area contributed by atoms with Crippen molar-refractivity contribution in [2.45, 2.75) is 24.7 Å². The van der Waals surface area contributed by atoms with Gasteiger partial charge in [0.1, 0.15) is 0 Å². The number of fused-ring (bicyclic) bond motifs is 2. The zero-order valence-electron chi connectivity index (χ0n) is 11.4. The molecule has 1 fully saturated rings. The Hall–Kier alpha value is -1.13. The third-order valence-electron chi connectivity index (χ3n) is 4.30. The molecule has 1 aromatic carbocycles. The first-order chi connectivity index (χ1) is 9.26. The highest BCUT2D eigenvalue weighted by Crippen LogP contribution is 2.43. The van der Waals surface area contributed by atoms with Crippen molar-refractivity contribution >= 4 is 24.0 Å². The van der Waals surface area contributed by atoms with Gasteiger partial charge in [-0.1, -0.05) is 18.2 Å². The number of amides is 1. The lowest BCUT2D eigenvalue weighted by molar-refractivity contribution is -0.122. The number of piperidine rings is 1. The second-order valence-electron chi connectivity index (χ2n) is 5.50. The fraction of sp³-hybridized carbons (Fsp3) is 0.533. The predicted molar refractivity (Wildman–Crippen MR) is 80.3 cm³/mol. The van der Waals surface area contributed by atoms with Gasteiger partial charge in [0.2, 0.25) is 5.91 Å². The van der Waals surface area contributed by atoms with Crippen LogP contribution in [0, 0.1) is 0 Å². The number of nitrogens with zero attached hydrogens (tertiary/aromatic N) is 1. The molecule has 3 rings (SSSR count). The molecule has 1 saturated heterocycles.